The van der Waals surface area contributed by atoms with Crippen LogP contribution in [0.3, 0.4) is 0 Å². The Morgan fingerprint density at radius 1 is 0.667 bits per heavy atom. The van der Waals surface area contributed by atoms with Crippen LogP contribution in [0.5, 0.6) is 0 Å². The highest BCUT2D eigenvalue weighted by molar-refractivity contribution is 6.33. The van der Waals surface area contributed by atoms with Crippen LogP contribution < -0.4 is 0 Å². The highest BCUT2D eigenvalue weighted by Gasteiger charge is 2.21. The van der Waals surface area contributed by atoms with Gasteiger partial charge in [0.2, 0.25) is 0 Å². The van der Waals surface area contributed by atoms with Crippen LogP contribution in [0.25, 0.3) is 33.5 Å². The summed E-state index contributed by atoms with van der Waals surface area (Å²) in [5, 5.41) is 22.6. The van der Waals surface area contributed by atoms with E-state index < -0.39 is 9.85 Å². The van der Waals surface area contributed by atoms with Crippen LogP contribution in [0.15, 0.2) is 60.7 Å². The molecule has 0 N–H and O–H groups in total. The van der Waals surface area contributed by atoms with Gasteiger partial charge in [0, 0.05) is 23.3 Å². The van der Waals surface area contributed by atoms with Gasteiger partial charge in [-0.2, -0.15) is 0 Å². The Labute approximate surface area is 179 Å². The molecule has 148 valence electrons. The zero-order valence-electron chi connectivity index (χ0n) is 15.0. The van der Waals surface area contributed by atoms with E-state index in [1.54, 1.807) is 36.4 Å². The lowest BCUT2D eigenvalue weighted by molar-refractivity contribution is -0.384. The minimum atomic E-state index is -0.590. The molecule has 10 heteroatoms. The van der Waals surface area contributed by atoms with Crippen LogP contribution in [0, 0.1) is 20.2 Å². The molecule has 0 fully saturated rings. The summed E-state index contributed by atoms with van der Waals surface area (Å²) in [6.07, 6.45) is 0. The average molecular weight is 441 g/mol. The van der Waals surface area contributed by atoms with E-state index in [1.807, 2.05) is 0 Å². The van der Waals surface area contributed by atoms with E-state index in [9.17, 15) is 20.2 Å². The molecule has 0 aliphatic rings. The van der Waals surface area contributed by atoms with Gasteiger partial charge < -0.3 is 0 Å². The quantitative estimate of drug-likeness (QED) is 0.280. The Morgan fingerprint density at radius 2 is 1.07 bits per heavy atom. The Kier molecular flexibility index (Phi) is 5.03. The van der Waals surface area contributed by atoms with E-state index in [4.69, 9.17) is 23.2 Å². The highest BCUT2D eigenvalue weighted by Crippen LogP contribution is 2.37. The third kappa shape index (κ3) is 3.54. The molecule has 0 spiro atoms. The van der Waals surface area contributed by atoms with Gasteiger partial charge >= 0.3 is 0 Å². The number of nitro benzene ring substituents is 2. The van der Waals surface area contributed by atoms with Crippen LogP contribution in [-0.4, -0.2) is 19.8 Å². The van der Waals surface area contributed by atoms with Crippen molar-refractivity contribution in [1.82, 2.24) is 9.97 Å². The lowest BCUT2D eigenvalue weighted by Gasteiger charge is -2.11. The number of para-hydroxylation sites is 2. The lowest BCUT2D eigenvalue weighted by atomic mass is 10.0. The number of fused-ring (bicyclic) bond motifs is 1. The second kappa shape index (κ2) is 7.66. The minimum Gasteiger partial charge on any atom is -0.258 e. The molecule has 0 aliphatic heterocycles. The number of hydrogen-bond donors (Lipinski definition) is 0. The summed E-state index contributed by atoms with van der Waals surface area (Å²) < 4.78 is 0. The standard InChI is InChI=1S/C20H10Cl2N4O4/c21-13-7-5-11(9-17(13)25(27)28)19-20(24-16-4-2-1-3-15(16)23-19)12-6-8-14(22)18(10-12)26(29)30/h1-10H. The Hall–Kier alpha value is -3.62. The van der Waals surface area contributed by atoms with E-state index in [0.29, 0.717) is 33.5 Å². The largest absolute Gasteiger partial charge is 0.288 e. The predicted octanol–water partition coefficient (Wildman–Crippen LogP) is 6.09. The number of nitrogens with zero attached hydrogens (tertiary/aromatic N) is 4. The first kappa shape index (κ1) is 19.7. The first-order chi connectivity index (χ1) is 14.3. The molecule has 0 radical (unpaired) electrons. The average Bonchev–Trinajstić information content (AvgIpc) is 2.73. The van der Waals surface area contributed by atoms with Crippen molar-refractivity contribution in [3.05, 3.63) is 90.9 Å². The molecule has 0 saturated heterocycles. The molecule has 0 amide bonds. The third-order valence-corrected chi connectivity index (χ3v) is 5.04. The van der Waals surface area contributed by atoms with Crippen molar-refractivity contribution >= 4 is 45.6 Å². The molecule has 30 heavy (non-hydrogen) atoms. The van der Waals surface area contributed by atoms with E-state index >= 15 is 0 Å². The van der Waals surface area contributed by atoms with Gasteiger partial charge in [-0.25, -0.2) is 9.97 Å². The molecular weight excluding hydrogens is 431 g/mol. The maximum absolute atomic E-state index is 11.3. The Morgan fingerprint density at radius 3 is 1.43 bits per heavy atom. The van der Waals surface area contributed by atoms with Gasteiger partial charge in [0.25, 0.3) is 11.4 Å². The molecule has 0 saturated carbocycles. The maximum Gasteiger partial charge on any atom is 0.288 e. The number of benzene rings is 3. The van der Waals surface area contributed by atoms with E-state index in [2.05, 4.69) is 9.97 Å². The van der Waals surface area contributed by atoms with Crippen molar-refractivity contribution in [3.63, 3.8) is 0 Å². The van der Waals surface area contributed by atoms with Gasteiger partial charge in [0.15, 0.2) is 0 Å². The number of rotatable bonds is 4. The zero-order valence-corrected chi connectivity index (χ0v) is 16.5. The monoisotopic (exact) mass is 440 g/mol. The lowest BCUT2D eigenvalue weighted by Crippen LogP contribution is -1.98. The second-order valence-electron chi connectivity index (χ2n) is 6.26. The van der Waals surface area contributed by atoms with E-state index in [1.165, 1.54) is 24.3 Å². The van der Waals surface area contributed by atoms with Crippen molar-refractivity contribution in [2.45, 2.75) is 0 Å². The molecule has 1 aromatic heterocycles. The summed E-state index contributed by atoms with van der Waals surface area (Å²) >= 11 is 11.9. The topological polar surface area (TPSA) is 112 Å². The molecule has 8 nitrogen and oxygen atoms in total. The summed E-state index contributed by atoms with van der Waals surface area (Å²) in [4.78, 5) is 30.7. The van der Waals surface area contributed by atoms with Gasteiger partial charge in [-0.05, 0) is 24.3 Å². The molecule has 4 rings (SSSR count). The summed E-state index contributed by atoms with van der Waals surface area (Å²) in [7, 11) is 0. The van der Waals surface area contributed by atoms with Crippen molar-refractivity contribution in [2.24, 2.45) is 0 Å². The summed E-state index contributed by atoms with van der Waals surface area (Å²) in [5.74, 6) is 0. The third-order valence-electron chi connectivity index (χ3n) is 4.40. The van der Waals surface area contributed by atoms with Crippen LogP contribution in [0.2, 0.25) is 10.0 Å². The normalized spacial score (nSPS) is 10.9. The molecule has 0 bridgehead atoms. The van der Waals surface area contributed by atoms with Crippen molar-refractivity contribution < 1.29 is 9.85 Å². The fraction of sp³-hybridized carbons (Fsp3) is 0. The second-order valence-corrected chi connectivity index (χ2v) is 7.07. The molecule has 3 aromatic carbocycles. The Balaban J connectivity index is 2.03. The van der Waals surface area contributed by atoms with Crippen molar-refractivity contribution in [3.8, 4) is 22.5 Å². The SMILES string of the molecule is O=[N+]([O-])c1cc(-c2nc3ccccc3nc2-c2ccc(Cl)c([N+](=O)[O-])c2)ccc1Cl. The minimum absolute atomic E-state index is 0.0128. The molecular formula is C20H10Cl2N4O4. The highest BCUT2D eigenvalue weighted by atomic mass is 35.5. The summed E-state index contributed by atoms with van der Waals surface area (Å²) in [6, 6.07) is 15.7. The van der Waals surface area contributed by atoms with Gasteiger partial charge in [-0.1, -0.05) is 47.5 Å². The summed E-state index contributed by atoms with van der Waals surface area (Å²) in [6.45, 7) is 0. The fourth-order valence-electron chi connectivity index (χ4n) is 3.00. The van der Waals surface area contributed by atoms with E-state index in [0.717, 1.165) is 0 Å². The molecule has 0 aliphatic carbocycles. The summed E-state index contributed by atoms with van der Waals surface area (Å²) in [5.41, 5.74) is 2.02. The smallest absolute Gasteiger partial charge is 0.258 e. The molecule has 4 aromatic rings. The number of nitro groups is 2. The molecule has 1 heterocycles. The number of aromatic nitrogens is 2. The van der Waals surface area contributed by atoms with Crippen molar-refractivity contribution in [1.29, 1.82) is 0 Å². The zero-order chi connectivity index (χ0) is 21.4. The predicted molar refractivity (Wildman–Crippen MR) is 114 cm³/mol. The fourth-order valence-corrected chi connectivity index (χ4v) is 3.38. The van der Waals surface area contributed by atoms with Crippen LogP contribution in [-0.2, 0) is 0 Å². The Bertz CT molecular complexity index is 1240. The van der Waals surface area contributed by atoms with Gasteiger partial charge in [-0.15, -0.1) is 0 Å². The van der Waals surface area contributed by atoms with Gasteiger partial charge in [0.1, 0.15) is 10.0 Å². The first-order valence-electron chi connectivity index (χ1n) is 8.50. The maximum atomic E-state index is 11.3. The molecule has 0 unspecified atom stereocenters. The van der Waals surface area contributed by atoms with Crippen LogP contribution in [0.1, 0.15) is 0 Å². The van der Waals surface area contributed by atoms with E-state index in [-0.39, 0.29) is 21.4 Å². The molecule has 0 atom stereocenters. The van der Waals surface area contributed by atoms with Crippen LogP contribution >= 0.6 is 23.2 Å². The number of halogens is 2. The van der Waals surface area contributed by atoms with Crippen molar-refractivity contribution in [2.75, 3.05) is 0 Å². The first-order valence-corrected chi connectivity index (χ1v) is 9.26. The van der Waals surface area contributed by atoms with Gasteiger partial charge in [0.05, 0.1) is 32.3 Å². The number of hydrogen-bond acceptors (Lipinski definition) is 6. The van der Waals surface area contributed by atoms with Gasteiger partial charge in [-0.3, -0.25) is 20.2 Å². The van der Waals surface area contributed by atoms with Crippen LogP contribution in [0.4, 0.5) is 11.4 Å².